The van der Waals surface area contributed by atoms with E-state index in [4.69, 9.17) is 9.15 Å². The Morgan fingerprint density at radius 1 is 1.20 bits per heavy atom. The lowest BCUT2D eigenvalue weighted by molar-refractivity contribution is -0.144. The quantitative estimate of drug-likeness (QED) is 0.722. The highest BCUT2D eigenvalue weighted by Gasteiger charge is 2.18. The zero-order valence-electron chi connectivity index (χ0n) is 14.3. The molecule has 25 heavy (non-hydrogen) atoms. The molecule has 0 aliphatic rings. The van der Waals surface area contributed by atoms with Crippen LogP contribution in [0.25, 0.3) is 21.7 Å². The smallest absolute Gasteiger partial charge is 0.328 e. The first-order valence-electron chi connectivity index (χ1n) is 7.87. The van der Waals surface area contributed by atoms with Crippen LogP contribution in [-0.4, -0.2) is 32.1 Å². The summed E-state index contributed by atoms with van der Waals surface area (Å²) in [6.45, 7) is 1.58. The predicted octanol–water partition coefficient (Wildman–Crippen LogP) is 2.81. The SMILES string of the molecule is COC(=O)[C@H](C)NC(=O)Cc1coc2ccc3ccc(OC)cc3c12. The van der Waals surface area contributed by atoms with Gasteiger partial charge in [0.15, 0.2) is 0 Å². The van der Waals surface area contributed by atoms with E-state index < -0.39 is 12.0 Å². The summed E-state index contributed by atoms with van der Waals surface area (Å²) in [6, 6.07) is 8.91. The Morgan fingerprint density at radius 3 is 2.68 bits per heavy atom. The molecule has 0 unspecified atom stereocenters. The van der Waals surface area contributed by atoms with E-state index in [2.05, 4.69) is 10.1 Å². The second-order valence-corrected chi connectivity index (χ2v) is 5.78. The first kappa shape index (κ1) is 16.8. The highest BCUT2D eigenvalue weighted by molar-refractivity contribution is 6.09. The standard InChI is InChI=1S/C19H19NO5/c1-11(19(22)24-3)20-17(21)8-13-10-25-16-7-5-12-4-6-14(23-2)9-15(12)18(13)16/h4-7,9-11H,8H2,1-3H3,(H,20,21)/t11-/m0/s1. The van der Waals surface area contributed by atoms with E-state index in [1.165, 1.54) is 7.11 Å². The minimum Gasteiger partial charge on any atom is -0.497 e. The fraction of sp³-hybridized carbons (Fsp3) is 0.263. The van der Waals surface area contributed by atoms with Gasteiger partial charge >= 0.3 is 5.97 Å². The third-order valence-electron chi connectivity index (χ3n) is 4.12. The van der Waals surface area contributed by atoms with Crippen LogP contribution in [-0.2, 0) is 20.7 Å². The molecule has 130 valence electrons. The van der Waals surface area contributed by atoms with Crippen LogP contribution in [0.15, 0.2) is 41.0 Å². The molecule has 1 aromatic heterocycles. The number of hydrogen-bond donors (Lipinski definition) is 1. The average Bonchev–Trinajstić information content (AvgIpc) is 3.03. The highest BCUT2D eigenvalue weighted by Crippen LogP contribution is 2.32. The van der Waals surface area contributed by atoms with Gasteiger partial charge in [0.25, 0.3) is 0 Å². The monoisotopic (exact) mass is 341 g/mol. The van der Waals surface area contributed by atoms with Crippen molar-refractivity contribution in [1.82, 2.24) is 5.32 Å². The second kappa shape index (κ2) is 6.84. The highest BCUT2D eigenvalue weighted by atomic mass is 16.5. The van der Waals surface area contributed by atoms with Gasteiger partial charge < -0.3 is 19.2 Å². The molecule has 1 atom stereocenters. The van der Waals surface area contributed by atoms with E-state index in [0.717, 1.165) is 27.5 Å². The zero-order chi connectivity index (χ0) is 18.0. The molecular formula is C19H19NO5. The predicted molar refractivity (Wildman–Crippen MR) is 93.6 cm³/mol. The number of amides is 1. The summed E-state index contributed by atoms with van der Waals surface area (Å²) < 4.78 is 15.5. The molecule has 0 spiro atoms. The van der Waals surface area contributed by atoms with Crippen molar-refractivity contribution in [3.05, 3.63) is 42.2 Å². The van der Waals surface area contributed by atoms with Gasteiger partial charge in [0.1, 0.15) is 17.4 Å². The van der Waals surface area contributed by atoms with Crippen molar-refractivity contribution in [2.75, 3.05) is 14.2 Å². The second-order valence-electron chi connectivity index (χ2n) is 5.78. The normalized spacial score (nSPS) is 12.1. The van der Waals surface area contributed by atoms with Crippen LogP contribution >= 0.6 is 0 Å². The molecule has 6 heteroatoms. The minimum atomic E-state index is -0.701. The first-order chi connectivity index (χ1) is 12.0. The molecule has 2 aromatic carbocycles. The Labute approximate surface area is 144 Å². The molecule has 0 aliphatic carbocycles. The van der Waals surface area contributed by atoms with Crippen LogP contribution in [0.4, 0.5) is 0 Å². The maximum absolute atomic E-state index is 12.3. The fourth-order valence-electron chi connectivity index (χ4n) is 2.86. The van der Waals surface area contributed by atoms with Crippen molar-refractivity contribution >= 4 is 33.6 Å². The molecular weight excluding hydrogens is 322 g/mol. The lowest BCUT2D eigenvalue weighted by atomic mass is 10.0. The van der Waals surface area contributed by atoms with E-state index in [9.17, 15) is 9.59 Å². The van der Waals surface area contributed by atoms with Gasteiger partial charge in [0.2, 0.25) is 5.91 Å². The maximum Gasteiger partial charge on any atom is 0.328 e. The number of ether oxygens (including phenoxy) is 2. The number of hydrogen-bond acceptors (Lipinski definition) is 5. The summed E-state index contributed by atoms with van der Waals surface area (Å²) in [7, 11) is 2.90. The summed E-state index contributed by atoms with van der Waals surface area (Å²) in [5, 5.41) is 5.48. The van der Waals surface area contributed by atoms with Crippen molar-refractivity contribution in [3.8, 4) is 5.75 Å². The van der Waals surface area contributed by atoms with Crippen molar-refractivity contribution < 1.29 is 23.5 Å². The third kappa shape index (κ3) is 3.28. The molecule has 0 saturated carbocycles. The van der Waals surface area contributed by atoms with Crippen molar-refractivity contribution in [1.29, 1.82) is 0 Å². The van der Waals surface area contributed by atoms with Crippen LogP contribution in [0.1, 0.15) is 12.5 Å². The van der Waals surface area contributed by atoms with Crippen LogP contribution in [0, 0.1) is 0 Å². The largest absolute Gasteiger partial charge is 0.497 e. The van der Waals surface area contributed by atoms with Crippen LogP contribution in [0.2, 0.25) is 0 Å². The average molecular weight is 341 g/mol. The van der Waals surface area contributed by atoms with Crippen LogP contribution in [0.3, 0.4) is 0 Å². The van der Waals surface area contributed by atoms with Crippen molar-refractivity contribution in [2.24, 2.45) is 0 Å². The summed E-state index contributed by atoms with van der Waals surface area (Å²) in [5.74, 6) is -0.0306. The molecule has 1 N–H and O–H groups in total. The summed E-state index contributed by atoms with van der Waals surface area (Å²) in [6.07, 6.45) is 1.68. The Kier molecular flexibility index (Phi) is 4.61. The Balaban J connectivity index is 1.95. The molecule has 3 aromatic rings. The number of fused-ring (bicyclic) bond motifs is 3. The van der Waals surface area contributed by atoms with E-state index in [0.29, 0.717) is 5.58 Å². The molecule has 3 rings (SSSR count). The number of carbonyl (C=O) groups excluding carboxylic acids is 2. The van der Waals surface area contributed by atoms with Gasteiger partial charge in [-0.15, -0.1) is 0 Å². The zero-order valence-corrected chi connectivity index (χ0v) is 14.3. The van der Waals surface area contributed by atoms with Crippen LogP contribution < -0.4 is 10.1 Å². The minimum absolute atomic E-state index is 0.102. The van der Waals surface area contributed by atoms with Gasteiger partial charge in [-0.05, 0) is 35.9 Å². The summed E-state index contributed by atoms with van der Waals surface area (Å²) in [4.78, 5) is 23.7. The van der Waals surface area contributed by atoms with E-state index in [1.54, 1.807) is 20.3 Å². The molecule has 1 amide bonds. The molecule has 0 aliphatic heterocycles. The van der Waals surface area contributed by atoms with Gasteiger partial charge in [-0.1, -0.05) is 12.1 Å². The summed E-state index contributed by atoms with van der Waals surface area (Å²) >= 11 is 0. The molecule has 0 radical (unpaired) electrons. The Bertz CT molecular complexity index is 944. The van der Waals surface area contributed by atoms with Gasteiger partial charge in [-0.25, -0.2) is 4.79 Å². The van der Waals surface area contributed by atoms with Gasteiger partial charge in [-0.3, -0.25) is 4.79 Å². The molecule has 0 bridgehead atoms. The van der Waals surface area contributed by atoms with Crippen molar-refractivity contribution in [2.45, 2.75) is 19.4 Å². The number of carbonyl (C=O) groups is 2. The van der Waals surface area contributed by atoms with Gasteiger partial charge in [-0.2, -0.15) is 0 Å². The number of esters is 1. The number of benzene rings is 2. The lowest BCUT2D eigenvalue weighted by Crippen LogP contribution is -2.39. The summed E-state index contributed by atoms with van der Waals surface area (Å²) in [5.41, 5.74) is 1.45. The number of nitrogens with one attached hydrogen (secondary N) is 1. The number of rotatable bonds is 5. The van der Waals surface area contributed by atoms with E-state index in [-0.39, 0.29) is 12.3 Å². The topological polar surface area (TPSA) is 77.8 Å². The van der Waals surface area contributed by atoms with Gasteiger partial charge in [0, 0.05) is 10.9 Å². The Hall–Kier alpha value is -3.02. The van der Waals surface area contributed by atoms with E-state index >= 15 is 0 Å². The van der Waals surface area contributed by atoms with E-state index in [1.807, 2.05) is 30.3 Å². The molecule has 0 fully saturated rings. The maximum atomic E-state index is 12.3. The van der Waals surface area contributed by atoms with Gasteiger partial charge in [0.05, 0.1) is 26.9 Å². The molecule has 1 heterocycles. The van der Waals surface area contributed by atoms with Crippen LogP contribution in [0.5, 0.6) is 5.75 Å². The fourth-order valence-corrected chi connectivity index (χ4v) is 2.86. The lowest BCUT2D eigenvalue weighted by Gasteiger charge is -2.11. The molecule has 6 nitrogen and oxygen atoms in total. The number of methoxy groups -OCH3 is 2. The third-order valence-corrected chi connectivity index (χ3v) is 4.12. The van der Waals surface area contributed by atoms with Crippen molar-refractivity contribution in [3.63, 3.8) is 0 Å². The number of furan rings is 1. The first-order valence-corrected chi connectivity index (χ1v) is 7.87. The Morgan fingerprint density at radius 2 is 1.96 bits per heavy atom. The molecule has 0 saturated heterocycles.